The van der Waals surface area contributed by atoms with E-state index in [4.69, 9.17) is 0 Å². The van der Waals surface area contributed by atoms with Gasteiger partial charge in [0.2, 0.25) is 0 Å². The molecule has 2 nitrogen and oxygen atoms in total. The second kappa shape index (κ2) is 5.35. The van der Waals surface area contributed by atoms with E-state index in [0.29, 0.717) is 11.7 Å². The van der Waals surface area contributed by atoms with E-state index in [0.717, 1.165) is 12.8 Å². The second-order valence-corrected chi connectivity index (χ2v) is 6.45. The molecule has 1 N–H and O–H groups in total. The zero-order chi connectivity index (χ0) is 11.5. The van der Waals surface area contributed by atoms with Gasteiger partial charge < -0.3 is 5.11 Å². The topological polar surface area (TPSA) is 37.3 Å². The van der Waals surface area contributed by atoms with Crippen LogP contribution in [0.4, 0.5) is 0 Å². The predicted octanol–water partition coefficient (Wildman–Crippen LogP) is 2.84. The van der Waals surface area contributed by atoms with Crippen molar-refractivity contribution in [3.63, 3.8) is 0 Å². The molecular weight excluding hydrogens is 208 g/mol. The highest BCUT2D eigenvalue weighted by molar-refractivity contribution is 8.13. The van der Waals surface area contributed by atoms with Crippen LogP contribution in [0.3, 0.4) is 0 Å². The molecule has 0 amide bonds. The van der Waals surface area contributed by atoms with Crippen molar-refractivity contribution < 1.29 is 9.90 Å². The minimum absolute atomic E-state index is 0.180. The Balaban J connectivity index is 2.27. The van der Waals surface area contributed by atoms with Gasteiger partial charge in [-0.15, -0.1) is 0 Å². The summed E-state index contributed by atoms with van der Waals surface area (Å²) in [5, 5.41) is 10.1. The molecule has 15 heavy (non-hydrogen) atoms. The Hall–Kier alpha value is -0.0200. The molecule has 1 aliphatic rings. The fourth-order valence-corrected chi connectivity index (χ4v) is 2.88. The first-order chi connectivity index (χ1) is 6.91. The van der Waals surface area contributed by atoms with E-state index in [1.165, 1.54) is 24.6 Å². The summed E-state index contributed by atoms with van der Waals surface area (Å²) in [5.41, 5.74) is -0.292. The molecule has 1 saturated carbocycles. The summed E-state index contributed by atoms with van der Waals surface area (Å²) < 4.78 is 0. The van der Waals surface area contributed by atoms with E-state index < -0.39 is 0 Å². The van der Waals surface area contributed by atoms with Crippen molar-refractivity contribution in [3.8, 4) is 0 Å². The monoisotopic (exact) mass is 230 g/mol. The van der Waals surface area contributed by atoms with Gasteiger partial charge in [-0.05, 0) is 18.8 Å². The lowest BCUT2D eigenvalue weighted by atomic mass is 9.99. The molecule has 0 aromatic carbocycles. The average molecular weight is 230 g/mol. The molecule has 1 rings (SSSR count). The molecule has 0 bridgehead atoms. The lowest BCUT2D eigenvalue weighted by Crippen LogP contribution is -2.24. The molecule has 0 radical (unpaired) electrons. The minimum Gasteiger partial charge on any atom is -0.392 e. The van der Waals surface area contributed by atoms with Crippen LogP contribution in [0.5, 0.6) is 0 Å². The lowest BCUT2D eigenvalue weighted by molar-refractivity contribution is -0.117. The van der Waals surface area contributed by atoms with Crippen molar-refractivity contribution in [3.05, 3.63) is 0 Å². The zero-order valence-electron chi connectivity index (χ0n) is 9.95. The Morgan fingerprint density at radius 1 is 1.40 bits per heavy atom. The molecule has 0 aromatic heterocycles. The van der Waals surface area contributed by atoms with Gasteiger partial charge in [-0.25, -0.2) is 0 Å². The Morgan fingerprint density at radius 3 is 2.40 bits per heavy atom. The van der Waals surface area contributed by atoms with E-state index in [1.54, 1.807) is 0 Å². The normalized spacial score (nSPS) is 20.5. The quantitative estimate of drug-likeness (QED) is 0.810. The maximum Gasteiger partial charge on any atom is 0.194 e. The summed E-state index contributed by atoms with van der Waals surface area (Å²) in [6.45, 7) is 5.76. The first-order valence-corrected chi connectivity index (χ1v) is 6.75. The van der Waals surface area contributed by atoms with Gasteiger partial charge in [0.25, 0.3) is 0 Å². The molecule has 0 spiro atoms. The van der Waals surface area contributed by atoms with Crippen molar-refractivity contribution in [2.75, 3.05) is 5.75 Å². The molecule has 88 valence electrons. The number of aliphatic hydroxyl groups excluding tert-OH is 1. The summed E-state index contributed by atoms with van der Waals surface area (Å²) in [6, 6.07) is 0. The smallest absolute Gasteiger partial charge is 0.194 e. The van der Waals surface area contributed by atoms with Gasteiger partial charge in [0.1, 0.15) is 0 Å². The average Bonchev–Trinajstić information content (AvgIpc) is 2.64. The van der Waals surface area contributed by atoms with Crippen molar-refractivity contribution in [2.24, 2.45) is 11.3 Å². The standard InChI is InChI=1S/C12H22O2S/c1-12(2,3)11(14)15-8-10(13)9-6-4-5-7-9/h9-10,13H,4-8H2,1-3H3/t10-/m1/s1. The molecule has 1 atom stereocenters. The Bertz CT molecular complexity index is 214. The third kappa shape index (κ3) is 4.15. The summed E-state index contributed by atoms with van der Waals surface area (Å²) in [5.74, 6) is 1.01. The number of hydrogen-bond acceptors (Lipinski definition) is 3. The molecule has 3 heteroatoms. The number of thioether (sulfide) groups is 1. The second-order valence-electron chi connectivity index (χ2n) is 5.46. The number of carbonyl (C=O) groups is 1. The minimum atomic E-state index is -0.292. The number of hydrogen-bond donors (Lipinski definition) is 1. The van der Waals surface area contributed by atoms with Crippen LogP contribution in [0.25, 0.3) is 0 Å². The third-order valence-electron chi connectivity index (χ3n) is 2.94. The molecule has 0 heterocycles. The fraction of sp³-hybridized carbons (Fsp3) is 0.917. The van der Waals surface area contributed by atoms with Gasteiger partial charge in [0.15, 0.2) is 5.12 Å². The third-order valence-corrected chi connectivity index (χ3v) is 4.32. The maximum atomic E-state index is 11.6. The Labute approximate surface area is 96.8 Å². The van der Waals surface area contributed by atoms with Gasteiger partial charge in [-0.2, -0.15) is 0 Å². The molecule has 1 fully saturated rings. The highest BCUT2D eigenvalue weighted by Gasteiger charge is 2.26. The van der Waals surface area contributed by atoms with Crippen LogP contribution in [0.1, 0.15) is 46.5 Å². The van der Waals surface area contributed by atoms with Crippen molar-refractivity contribution >= 4 is 16.9 Å². The first kappa shape index (κ1) is 13.0. The largest absolute Gasteiger partial charge is 0.392 e. The van der Waals surface area contributed by atoms with Crippen LogP contribution in [-0.4, -0.2) is 22.1 Å². The SMILES string of the molecule is CC(C)(C)C(=O)SC[C@@H](O)C1CCCC1. The van der Waals surface area contributed by atoms with Crippen molar-refractivity contribution in [1.82, 2.24) is 0 Å². The first-order valence-electron chi connectivity index (χ1n) is 5.76. The Kier molecular flexibility index (Phi) is 4.65. The van der Waals surface area contributed by atoms with Crippen LogP contribution < -0.4 is 0 Å². The van der Waals surface area contributed by atoms with Gasteiger partial charge in [-0.1, -0.05) is 45.4 Å². The van der Waals surface area contributed by atoms with Crippen LogP contribution in [0.2, 0.25) is 0 Å². The molecule has 0 saturated heterocycles. The summed E-state index contributed by atoms with van der Waals surface area (Å²) >= 11 is 1.29. The summed E-state index contributed by atoms with van der Waals surface area (Å²) in [4.78, 5) is 11.6. The number of rotatable bonds is 3. The number of carbonyl (C=O) groups excluding carboxylic acids is 1. The van der Waals surface area contributed by atoms with E-state index in [9.17, 15) is 9.90 Å². The van der Waals surface area contributed by atoms with Crippen LogP contribution in [0.15, 0.2) is 0 Å². The molecule has 0 aliphatic heterocycles. The summed E-state index contributed by atoms with van der Waals surface area (Å²) in [7, 11) is 0. The molecule has 0 unspecified atom stereocenters. The van der Waals surface area contributed by atoms with E-state index in [2.05, 4.69) is 0 Å². The predicted molar refractivity (Wildman–Crippen MR) is 64.9 cm³/mol. The maximum absolute atomic E-state index is 11.6. The van der Waals surface area contributed by atoms with Crippen LogP contribution in [0, 0.1) is 11.3 Å². The van der Waals surface area contributed by atoms with E-state index >= 15 is 0 Å². The summed E-state index contributed by atoms with van der Waals surface area (Å²) in [6.07, 6.45) is 4.44. The van der Waals surface area contributed by atoms with Gasteiger partial charge in [-0.3, -0.25) is 4.79 Å². The van der Waals surface area contributed by atoms with Crippen LogP contribution in [-0.2, 0) is 4.79 Å². The lowest BCUT2D eigenvalue weighted by Gasteiger charge is -2.20. The number of aliphatic hydroxyl groups is 1. The highest BCUT2D eigenvalue weighted by Crippen LogP contribution is 2.30. The highest BCUT2D eigenvalue weighted by atomic mass is 32.2. The molecule has 1 aliphatic carbocycles. The molecule has 0 aromatic rings. The van der Waals surface area contributed by atoms with Gasteiger partial charge in [0, 0.05) is 11.2 Å². The van der Waals surface area contributed by atoms with E-state index in [-0.39, 0.29) is 16.6 Å². The van der Waals surface area contributed by atoms with Crippen molar-refractivity contribution in [2.45, 2.75) is 52.6 Å². The fourth-order valence-electron chi connectivity index (χ4n) is 1.86. The van der Waals surface area contributed by atoms with E-state index in [1.807, 2.05) is 20.8 Å². The zero-order valence-corrected chi connectivity index (χ0v) is 10.8. The Morgan fingerprint density at radius 2 is 1.93 bits per heavy atom. The van der Waals surface area contributed by atoms with Crippen molar-refractivity contribution in [1.29, 1.82) is 0 Å². The van der Waals surface area contributed by atoms with Crippen LogP contribution >= 0.6 is 11.8 Å². The van der Waals surface area contributed by atoms with Gasteiger partial charge in [0.05, 0.1) is 6.10 Å². The van der Waals surface area contributed by atoms with Gasteiger partial charge >= 0.3 is 0 Å². The molecular formula is C12H22O2S.